The number of nitrogens with one attached hydrogen (secondary N) is 1. The highest BCUT2D eigenvalue weighted by Crippen LogP contribution is 2.23. The van der Waals surface area contributed by atoms with Crippen LogP contribution in [0.2, 0.25) is 0 Å². The van der Waals surface area contributed by atoms with E-state index in [0.29, 0.717) is 0 Å². The van der Waals surface area contributed by atoms with Crippen LogP contribution in [0.5, 0.6) is 0 Å². The van der Waals surface area contributed by atoms with Crippen molar-refractivity contribution in [3.05, 3.63) is 11.6 Å². The van der Waals surface area contributed by atoms with E-state index in [1.807, 2.05) is 13.8 Å². The minimum atomic E-state index is -0.993. The molecule has 6 nitrogen and oxygen atoms in total. The summed E-state index contributed by atoms with van der Waals surface area (Å²) in [6.45, 7) is 11.8. The Balaban J connectivity index is 0.00000165. The highest BCUT2D eigenvalue weighted by Gasteiger charge is 2.25. The molecule has 1 atom stereocenters. The van der Waals surface area contributed by atoms with Gasteiger partial charge in [0.05, 0.1) is 12.6 Å². The molecule has 1 aliphatic rings. The molecular weight excluding hydrogens is 356 g/mol. The summed E-state index contributed by atoms with van der Waals surface area (Å²) in [7, 11) is 1.64. The minimum absolute atomic E-state index is 0.0203. The fourth-order valence-electron chi connectivity index (χ4n) is 3.04. The topological polar surface area (TPSA) is 86.7 Å². The van der Waals surface area contributed by atoms with Crippen LogP contribution in [-0.4, -0.2) is 47.4 Å². The fourth-order valence-corrected chi connectivity index (χ4v) is 3.04. The number of carbonyl (C=O) groups excluding carboxylic acids is 2. The molecule has 0 radical (unpaired) electrons. The molecule has 0 aromatic carbocycles. The summed E-state index contributed by atoms with van der Waals surface area (Å²) in [4.78, 5) is 37.0. The van der Waals surface area contributed by atoms with Crippen molar-refractivity contribution in [3.63, 3.8) is 0 Å². The number of nitrogens with zero attached hydrogens (tertiary/aromatic N) is 1. The summed E-state index contributed by atoms with van der Waals surface area (Å²) in [6, 6.07) is -0.319. The van der Waals surface area contributed by atoms with Gasteiger partial charge in [-0.3, -0.25) is 9.59 Å². The molecule has 0 spiro atoms. The van der Waals surface area contributed by atoms with Crippen LogP contribution in [0.4, 0.5) is 0 Å². The number of hydrogen-bond donors (Lipinski definition) is 2. The number of hydrogen-bond acceptors (Lipinski definition) is 3. The van der Waals surface area contributed by atoms with Crippen molar-refractivity contribution in [2.75, 3.05) is 13.6 Å². The Labute approximate surface area is 170 Å². The Hall–Kier alpha value is -1.85. The van der Waals surface area contributed by atoms with Gasteiger partial charge in [0.2, 0.25) is 11.8 Å². The summed E-state index contributed by atoms with van der Waals surface area (Å²) < 4.78 is 0. The molecule has 0 unspecified atom stereocenters. The third-order valence-corrected chi connectivity index (χ3v) is 4.67. The van der Waals surface area contributed by atoms with E-state index in [9.17, 15) is 14.4 Å². The second-order valence-electron chi connectivity index (χ2n) is 8.68. The van der Waals surface area contributed by atoms with Gasteiger partial charge in [-0.1, -0.05) is 60.0 Å². The zero-order valence-corrected chi connectivity index (χ0v) is 18.7. The Morgan fingerprint density at radius 3 is 2.00 bits per heavy atom. The van der Waals surface area contributed by atoms with Gasteiger partial charge < -0.3 is 15.3 Å². The second-order valence-corrected chi connectivity index (χ2v) is 8.68. The first-order valence-corrected chi connectivity index (χ1v) is 10.4. The van der Waals surface area contributed by atoms with Gasteiger partial charge in [-0.2, -0.15) is 0 Å². The van der Waals surface area contributed by atoms with Gasteiger partial charge in [0.15, 0.2) is 0 Å². The third kappa shape index (κ3) is 10.5. The van der Waals surface area contributed by atoms with Gasteiger partial charge in [-0.05, 0) is 31.6 Å². The van der Waals surface area contributed by atoms with Crippen molar-refractivity contribution in [1.29, 1.82) is 0 Å². The molecule has 0 bridgehead atoms. The van der Waals surface area contributed by atoms with Gasteiger partial charge in [0.25, 0.3) is 0 Å². The van der Waals surface area contributed by atoms with Crippen molar-refractivity contribution >= 4 is 17.8 Å². The summed E-state index contributed by atoms with van der Waals surface area (Å²) in [5.74, 6) is -0.330. The van der Waals surface area contributed by atoms with Crippen LogP contribution in [0.3, 0.4) is 0 Å². The molecule has 0 heterocycles. The predicted octanol–water partition coefficient (Wildman–Crippen LogP) is 3.86. The maximum Gasteiger partial charge on any atom is 0.331 e. The van der Waals surface area contributed by atoms with Crippen molar-refractivity contribution in [2.24, 2.45) is 17.8 Å². The van der Waals surface area contributed by atoms with E-state index < -0.39 is 5.97 Å². The molecular formula is C22H40N2O4. The Kier molecular flexibility index (Phi) is 12.5. The van der Waals surface area contributed by atoms with Crippen LogP contribution in [0.1, 0.15) is 73.6 Å². The molecule has 2 N–H and O–H groups in total. The molecule has 6 heteroatoms. The molecule has 1 rings (SSSR count). The van der Waals surface area contributed by atoms with Crippen molar-refractivity contribution in [1.82, 2.24) is 10.2 Å². The molecule has 162 valence electrons. The lowest BCUT2D eigenvalue weighted by molar-refractivity contribution is -0.135. The van der Waals surface area contributed by atoms with Crippen LogP contribution in [0, 0.1) is 17.8 Å². The average molecular weight is 397 g/mol. The lowest BCUT2D eigenvalue weighted by Crippen LogP contribution is -2.46. The first kappa shape index (κ1) is 26.1. The highest BCUT2D eigenvalue weighted by molar-refractivity contribution is 5.87. The number of carbonyl (C=O) groups is 3. The number of rotatable bonds is 7. The van der Waals surface area contributed by atoms with E-state index in [1.165, 1.54) is 18.2 Å². The van der Waals surface area contributed by atoms with Gasteiger partial charge in [-0.25, -0.2) is 4.79 Å². The van der Waals surface area contributed by atoms with Gasteiger partial charge in [-0.15, -0.1) is 0 Å². The summed E-state index contributed by atoms with van der Waals surface area (Å²) in [5, 5.41) is 11.8. The third-order valence-electron chi connectivity index (χ3n) is 4.67. The Morgan fingerprint density at radius 2 is 1.57 bits per heavy atom. The number of carboxylic acid groups (broad SMARTS) is 1. The quantitative estimate of drug-likeness (QED) is 0.640. The number of aliphatic carboxylic acids is 1. The maximum absolute atomic E-state index is 12.4. The SMILES string of the molecule is C/C(=C\[C@H](C(C)C)N(C)C(=O)CNC(=O)C1CCCCC1)C(=O)O.CC(C)C. The van der Waals surface area contributed by atoms with E-state index in [-0.39, 0.29) is 41.8 Å². The first-order valence-electron chi connectivity index (χ1n) is 10.4. The normalized spacial score (nSPS) is 16.2. The molecule has 28 heavy (non-hydrogen) atoms. The van der Waals surface area contributed by atoms with E-state index in [0.717, 1.165) is 31.6 Å². The van der Waals surface area contributed by atoms with Crippen LogP contribution in [0.15, 0.2) is 11.6 Å². The van der Waals surface area contributed by atoms with E-state index in [4.69, 9.17) is 5.11 Å². The smallest absolute Gasteiger partial charge is 0.331 e. The molecule has 0 aliphatic heterocycles. The number of likely N-dealkylation sites (N-methyl/N-ethyl adjacent to an activating group) is 1. The molecule has 1 saturated carbocycles. The Morgan fingerprint density at radius 1 is 1.07 bits per heavy atom. The minimum Gasteiger partial charge on any atom is -0.478 e. The van der Waals surface area contributed by atoms with Crippen LogP contribution < -0.4 is 5.32 Å². The fraction of sp³-hybridized carbons (Fsp3) is 0.773. The molecule has 1 aliphatic carbocycles. The first-order chi connectivity index (χ1) is 13.0. The van der Waals surface area contributed by atoms with E-state index in [2.05, 4.69) is 26.1 Å². The summed E-state index contributed by atoms with van der Waals surface area (Å²) >= 11 is 0. The molecule has 0 saturated heterocycles. The number of carboxylic acids is 1. The molecule has 0 aromatic rings. The molecule has 2 amide bonds. The average Bonchev–Trinajstić information content (AvgIpc) is 2.62. The monoisotopic (exact) mass is 396 g/mol. The maximum atomic E-state index is 12.4. The zero-order chi connectivity index (χ0) is 21.9. The lowest BCUT2D eigenvalue weighted by Gasteiger charge is -2.30. The summed E-state index contributed by atoms with van der Waals surface area (Å²) in [5.41, 5.74) is 0.208. The summed E-state index contributed by atoms with van der Waals surface area (Å²) in [6.07, 6.45) is 6.70. The van der Waals surface area contributed by atoms with E-state index in [1.54, 1.807) is 13.1 Å². The zero-order valence-electron chi connectivity index (χ0n) is 18.7. The Bertz CT molecular complexity index is 532. The van der Waals surface area contributed by atoms with Crippen molar-refractivity contribution in [3.8, 4) is 0 Å². The standard InChI is InChI=1S/C18H30N2O4.C4H10/c1-12(2)15(10-13(3)18(23)24)20(4)16(21)11-19-17(22)14-8-6-5-7-9-14;1-4(2)3/h10,12,14-15H,5-9,11H2,1-4H3,(H,19,22)(H,23,24);4H,1-3H3/b13-10+;/t15-;/m1./s1. The van der Waals surface area contributed by atoms with Gasteiger partial charge in [0, 0.05) is 18.5 Å². The second kappa shape index (κ2) is 13.3. The van der Waals surface area contributed by atoms with Gasteiger partial charge in [0.1, 0.15) is 0 Å². The molecule has 1 fully saturated rings. The number of amides is 2. The highest BCUT2D eigenvalue weighted by atomic mass is 16.4. The van der Waals surface area contributed by atoms with Crippen molar-refractivity contribution < 1.29 is 19.5 Å². The van der Waals surface area contributed by atoms with Crippen LogP contribution in [0.25, 0.3) is 0 Å². The largest absolute Gasteiger partial charge is 0.478 e. The van der Waals surface area contributed by atoms with Crippen LogP contribution >= 0.6 is 0 Å². The van der Waals surface area contributed by atoms with Gasteiger partial charge >= 0.3 is 5.97 Å². The van der Waals surface area contributed by atoms with Crippen molar-refractivity contribution in [2.45, 2.75) is 79.7 Å². The van der Waals surface area contributed by atoms with Crippen LogP contribution in [-0.2, 0) is 14.4 Å². The van der Waals surface area contributed by atoms with E-state index >= 15 is 0 Å². The lowest BCUT2D eigenvalue weighted by atomic mass is 9.89. The predicted molar refractivity (Wildman–Crippen MR) is 113 cm³/mol. The molecule has 0 aromatic heterocycles.